The molecular formula is C22H20BrN3O4. The molecule has 1 aliphatic heterocycles. The van der Waals surface area contributed by atoms with Gasteiger partial charge in [-0.1, -0.05) is 22.0 Å². The van der Waals surface area contributed by atoms with E-state index in [-0.39, 0.29) is 18.1 Å². The Kier molecular flexibility index (Phi) is 5.34. The quantitative estimate of drug-likeness (QED) is 0.564. The Morgan fingerprint density at radius 2 is 1.77 bits per heavy atom. The number of methoxy groups -OCH3 is 2. The number of hydrogen-bond acceptors (Lipinski definition) is 5. The number of amides is 1. The fraction of sp³-hybridized carbons (Fsp3) is 0.227. The van der Waals surface area contributed by atoms with E-state index in [1.807, 2.05) is 31.2 Å². The van der Waals surface area contributed by atoms with E-state index < -0.39 is 5.92 Å². The third-order valence-electron chi connectivity index (χ3n) is 5.16. The molecule has 0 saturated heterocycles. The van der Waals surface area contributed by atoms with Gasteiger partial charge in [-0.15, -0.1) is 0 Å². The summed E-state index contributed by atoms with van der Waals surface area (Å²) < 4.78 is 13.4. The topological polar surface area (TPSA) is 82.4 Å². The number of carbonyl (C=O) groups excluding carboxylic acids is 2. The van der Waals surface area contributed by atoms with Crippen LogP contribution < -0.4 is 14.8 Å². The molecule has 0 unspecified atom stereocenters. The van der Waals surface area contributed by atoms with Crippen LogP contribution >= 0.6 is 15.9 Å². The fourth-order valence-corrected chi connectivity index (χ4v) is 4.07. The number of Topliss-reactive ketones (excluding diaryl/α,β-unsaturated/α-hetero) is 1. The Morgan fingerprint density at radius 1 is 1.13 bits per heavy atom. The van der Waals surface area contributed by atoms with Gasteiger partial charge in [0.15, 0.2) is 5.78 Å². The standard InChI is InChI=1S/C22H20BrN3O4/c1-12-19-15(21(28)20-16(29-2)5-4-6-17(20)30-3)11-18(27)24-22(19)26(25-12)14-9-7-13(23)8-10-14/h4-10,15H,11H2,1-3H3,(H,24,27)/t15-/m0/s1. The van der Waals surface area contributed by atoms with Gasteiger partial charge in [-0.05, 0) is 43.3 Å². The lowest BCUT2D eigenvalue weighted by Gasteiger charge is -2.24. The average Bonchev–Trinajstić information content (AvgIpc) is 3.08. The van der Waals surface area contributed by atoms with Crippen LogP contribution in [0.4, 0.5) is 5.82 Å². The van der Waals surface area contributed by atoms with Crippen LogP contribution in [-0.2, 0) is 4.79 Å². The zero-order valence-electron chi connectivity index (χ0n) is 16.7. The summed E-state index contributed by atoms with van der Waals surface area (Å²) in [5, 5.41) is 7.50. The number of rotatable bonds is 5. The minimum atomic E-state index is -0.692. The predicted octanol–water partition coefficient (Wildman–Crippen LogP) is 4.27. The zero-order chi connectivity index (χ0) is 21.4. The molecule has 2 heterocycles. The minimum Gasteiger partial charge on any atom is -0.496 e. The molecule has 0 aliphatic carbocycles. The maximum absolute atomic E-state index is 13.6. The highest BCUT2D eigenvalue weighted by atomic mass is 79.9. The molecule has 7 nitrogen and oxygen atoms in total. The number of halogens is 1. The molecule has 0 bridgehead atoms. The molecule has 1 N–H and O–H groups in total. The van der Waals surface area contributed by atoms with Crippen LogP contribution in [0.5, 0.6) is 11.5 Å². The normalized spacial score (nSPS) is 15.3. The molecule has 0 fully saturated rings. The monoisotopic (exact) mass is 469 g/mol. The second-order valence-electron chi connectivity index (χ2n) is 6.94. The summed E-state index contributed by atoms with van der Waals surface area (Å²) in [5.41, 5.74) is 2.49. The second kappa shape index (κ2) is 7.95. The van der Waals surface area contributed by atoms with Crippen molar-refractivity contribution in [3.05, 3.63) is 63.8 Å². The number of benzene rings is 2. The van der Waals surface area contributed by atoms with Crippen LogP contribution in [0.15, 0.2) is 46.9 Å². The first-order valence-electron chi connectivity index (χ1n) is 9.35. The highest BCUT2D eigenvalue weighted by Gasteiger charge is 2.38. The van der Waals surface area contributed by atoms with Gasteiger partial charge >= 0.3 is 0 Å². The number of ketones is 1. The van der Waals surface area contributed by atoms with Gasteiger partial charge in [0, 0.05) is 16.5 Å². The largest absolute Gasteiger partial charge is 0.496 e. The highest BCUT2D eigenvalue weighted by Crippen LogP contribution is 2.41. The molecule has 2 aromatic carbocycles. The number of hydrogen-bond donors (Lipinski definition) is 1. The first-order chi connectivity index (χ1) is 14.4. The van der Waals surface area contributed by atoms with Crippen LogP contribution in [0.2, 0.25) is 0 Å². The van der Waals surface area contributed by atoms with Gasteiger partial charge < -0.3 is 14.8 Å². The molecule has 154 valence electrons. The Balaban J connectivity index is 1.85. The summed E-state index contributed by atoms with van der Waals surface area (Å²) in [7, 11) is 3.00. The van der Waals surface area contributed by atoms with E-state index in [2.05, 4.69) is 26.3 Å². The molecule has 30 heavy (non-hydrogen) atoms. The van der Waals surface area contributed by atoms with Gasteiger partial charge in [0.1, 0.15) is 22.9 Å². The van der Waals surface area contributed by atoms with E-state index in [1.54, 1.807) is 22.9 Å². The Labute approximate surface area is 182 Å². The lowest BCUT2D eigenvalue weighted by atomic mass is 9.85. The van der Waals surface area contributed by atoms with Crippen molar-refractivity contribution >= 4 is 33.4 Å². The number of carbonyl (C=O) groups is 2. The van der Waals surface area contributed by atoms with Crippen LogP contribution in [0.25, 0.3) is 5.69 Å². The van der Waals surface area contributed by atoms with Crippen molar-refractivity contribution in [2.24, 2.45) is 0 Å². The second-order valence-corrected chi connectivity index (χ2v) is 7.86. The summed E-state index contributed by atoms with van der Waals surface area (Å²) in [4.78, 5) is 26.2. The summed E-state index contributed by atoms with van der Waals surface area (Å²) in [6, 6.07) is 12.7. The number of fused-ring (bicyclic) bond motifs is 1. The first kappa shape index (κ1) is 20.2. The molecule has 4 rings (SSSR count). The number of nitrogens with zero attached hydrogens (tertiary/aromatic N) is 2. The van der Waals surface area contributed by atoms with Crippen molar-refractivity contribution in [3.8, 4) is 17.2 Å². The summed E-state index contributed by atoms with van der Waals surface area (Å²) >= 11 is 3.42. The minimum absolute atomic E-state index is 0.0277. The Bertz CT molecular complexity index is 1120. The Hall–Kier alpha value is -3.13. The maximum Gasteiger partial charge on any atom is 0.226 e. The lowest BCUT2D eigenvalue weighted by molar-refractivity contribution is -0.116. The van der Waals surface area contributed by atoms with Crippen molar-refractivity contribution in [1.29, 1.82) is 0 Å². The predicted molar refractivity (Wildman–Crippen MR) is 116 cm³/mol. The van der Waals surface area contributed by atoms with E-state index in [4.69, 9.17) is 9.47 Å². The molecule has 1 amide bonds. The van der Waals surface area contributed by atoms with E-state index in [0.29, 0.717) is 34.1 Å². The maximum atomic E-state index is 13.6. The van der Waals surface area contributed by atoms with Crippen molar-refractivity contribution in [1.82, 2.24) is 9.78 Å². The molecule has 0 saturated carbocycles. The SMILES string of the molecule is COc1cccc(OC)c1C(=O)[C@H]1CC(=O)Nc2c1c(C)nn2-c1ccc(Br)cc1. The third kappa shape index (κ3) is 3.37. The highest BCUT2D eigenvalue weighted by molar-refractivity contribution is 9.10. The van der Waals surface area contributed by atoms with Crippen molar-refractivity contribution in [2.75, 3.05) is 19.5 Å². The molecule has 3 aromatic rings. The van der Waals surface area contributed by atoms with Gasteiger partial charge in [0.2, 0.25) is 5.91 Å². The fourth-order valence-electron chi connectivity index (χ4n) is 3.81. The van der Waals surface area contributed by atoms with E-state index in [9.17, 15) is 9.59 Å². The molecule has 1 aliphatic rings. The molecule has 1 aromatic heterocycles. The lowest BCUT2D eigenvalue weighted by Crippen LogP contribution is -2.29. The summed E-state index contributed by atoms with van der Waals surface area (Å²) in [6.07, 6.45) is 0.0277. The van der Waals surface area contributed by atoms with Crippen molar-refractivity contribution in [2.45, 2.75) is 19.3 Å². The summed E-state index contributed by atoms with van der Waals surface area (Å²) in [6.45, 7) is 1.84. The zero-order valence-corrected chi connectivity index (χ0v) is 18.3. The van der Waals surface area contributed by atoms with E-state index in [1.165, 1.54) is 14.2 Å². The van der Waals surface area contributed by atoms with E-state index >= 15 is 0 Å². The van der Waals surface area contributed by atoms with Crippen molar-refractivity contribution < 1.29 is 19.1 Å². The third-order valence-corrected chi connectivity index (χ3v) is 5.69. The van der Waals surface area contributed by atoms with Crippen LogP contribution in [0.3, 0.4) is 0 Å². The van der Waals surface area contributed by atoms with Gasteiger partial charge in [-0.25, -0.2) is 4.68 Å². The van der Waals surface area contributed by atoms with Crippen LogP contribution in [-0.4, -0.2) is 35.7 Å². The van der Waals surface area contributed by atoms with Crippen molar-refractivity contribution in [3.63, 3.8) is 0 Å². The van der Waals surface area contributed by atoms with Gasteiger partial charge in [0.25, 0.3) is 0 Å². The van der Waals surface area contributed by atoms with Gasteiger partial charge in [-0.2, -0.15) is 5.10 Å². The molecule has 0 spiro atoms. The molecule has 1 atom stereocenters. The number of ether oxygens (including phenoxy) is 2. The average molecular weight is 470 g/mol. The van der Waals surface area contributed by atoms with Gasteiger partial charge in [-0.3, -0.25) is 9.59 Å². The van der Waals surface area contributed by atoms with Crippen LogP contribution in [0.1, 0.15) is 34.0 Å². The smallest absolute Gasteiger partial charge is 0.226 e. The molecule has 8 heteroatoms. The number of anilines is 1. The van der Waals surface area contributed by atoms with Gasteiger partial charge in [0.05, 0.1) is 31.5 Å². The Morgan fingerprint density at radius 3 is 2.37 bits per heavy atom. The number of aryl methyl sites for hydroxylation is 1. The number of aromatic nitrogens is 2. The summed E-state index contributed by atoms with van der Waals surface area (Å²) in [5.74, 6) is 0.156. The number of nitrogens with one attached hydrogen (secondary N) is 1. The van der Waals surface area contributed by atoms with Crippen LogP contribution in [0, 0.1) is 6.92 Å². The first-order valence-corrected chi connectivity index (χ1v) is 10.1. The molecule has 0 radical (unpaired) electrons. The molecular weight excluding hydrogens is 450 g/mol. The van der Waals surface area contributed by atoms with E-state index in [0.717, 1.165) is 10.2 Å².